The number of benzene rings is 1. The van der Waals surface area contributed by atoms with Gasteiger partial charge < -0.3 is 4.18 Å². The number of pyridine rings is 1. The first kappa shape index (κ1) is 29.6. The first-order chi connectivity index (χ1) is 18.1. The lowest BCUT2D eigenvalue weighted by Gasteiger charge is -2.22. The van der Waals surface area contributed by atoms with Crippen LogP contribution in [0.5, 0.6) is 5.88 Å². The van der Waals surface area contributed by atoms with E-state index in [1.165, 1.54) is 11.3 Å². The summed E-state index contributed by atoms with van der Waals surface area (Å²) in [5.74, 6) is 0.635. The molecule has 1 aromatic carbocycles. The van der Waals surface area contributed by atoms with E-state index in [1.807, 2.05) is 39.8 Å². The van der Waals surface area contributed by atoms with Crippen molar-refractivity contribution >= 4 is 47.6 Å². The van der Waals surface area contributed by atoms with Gasteiger partial charge in [-0.3, -0.25) is 4.98 Å². The second-order valence-corrected chi connectivity index (χ2v) is 15.1. The van der Waals surface area contributed by atoms with Gasteiger partial charge >= 0.3 is 10.1 Å². The van der Waals surface area contributed by atoms with Gasteiger partial charge in [0, 0.05) is 22.8 Å². The number of rotatable bonds is 7. The van der Waals surface area contributed by atoms with Gasteiger partial charge in [-0.2, -0.15) is 13.4 Å². The molecule has 4 rings (SSSR count). The molecule has 208 valence electrons. The fourth-order valence-electron chi connectivity index (χ4n) is 4.42. The van der Waals surface area contributed by atoms with E-state index in [2.05, 4.69) is 60.5 Å². The number of hydrogen-bond donors (Lipinski definition) is 0. The molecule has 0 aliphatic rings. The highest BCUT2D eigenvalue weighted by atomic mass is 79.9. The lowest BCUT2D eigenvalue weighted by molar-refractivity contribution is 0.476. The highest BCUT2D eigenvalue weighted by Gasteiger charge is 2.32. The summed E-state index contributed by atoms with van der Waals surface area (Å²) in [6, 6.07) is 7.61. The number of nitrogens with zero attached hydrogens (tertiary/aromatic N) is 3. The predicted octanol–water partition coefficient (Wildman–Crippen LogP) is 8.95. The van der Waals surface area contributed by atoms with Crippen LogP contribution in [0.15, 0.2) is 46.0 Å². The van der Waals surface area contributed by atoms with Crippen molar-refractivity contribution in [2.75, 3.05) is 0 Å². The van der Waals surface area contributed by atoms with E-state index in [4.69, 9.17) is 9.17 Å². The summed E-state index contributed by atoms with van der Waals surface area (Å²) in [4.78, 5) is 14.8. The van der Waals surface area contributed by atoms with Crippen LogP contribution >= 0.6 is 27.3 Å². The van der Waals surface area contributed by atoms with E-state index in [0.717, 1.165) is 31.6 Å². The van der Waals surface area contributed by atoms with Crippen molar-refractivity contribution < 1.29 is 12.6 Å². The van der Waals surface area contributed by atoms with E-state index in [-0.39, 0.29) is 33.9 Å². The van der Waals surface area contributed by atoms with Crippen molar-refractivity contribution in [2.45, 2.75) is 90.4 Å². The van der Waals surface area contributed by atoms with Crippen LogP contribution in [0.1, 0.15) is 102 Å². The zero-order valence-electron chi connectivity index (χ0n) is 24.0. The topological polar surface area (TPSA) is 82.0 Å². The average molecular weight is 631 g/mol. The molecular weight excluding hydrogens is 594 g/mol. The normalized spacial score (nSPS) is 12.7. The van der Waals surface area contributed by atoms with Crippen LogP contribution in [0.25, 0.3) is 21.6 Å². The van der Waals surface area contributed by atoms with E-state index >= 15 is 0 Å². The standard InChI is InChI=1S/C30H36BrN3O3S2/c1-16(2)20-14-21(17(3)4)26(22(15-20)18(5)6)39(35,36)37-29-25-24(23(31)27(38-25)30(7,8)9)33-28(34-29)19-10-12-32-13-11-19/h10-18H,1-9H3. The highest BCUT2D eigenvalue weighted by Crippen LogP contribution is 2.46. The molecule has 0 aliphatic carbocycles. The Morgan fingerprint density at radius 3 is 1.95 bits per heavy atom. The Hall–Kier alpha value is -2.36. The molecule has 0 aliphatic heterocycles. The van der Waals surface area contributed by atoms with E-state index in [9.17, 15) is 8.42 Å². The van der Waals surface area contributed by atoms with Gasteiger partial charge in [0.05, 0.1) is 4.47 Å². The SMILES string of the molecule is CC(C)c1cc(C(C)C)c(S(=O)(=O)Oc2nc(-c3ccncc3)nc3c(Br)c(C(C)(C)C)sc23)c(C(C)C)c1. The average Bonchev–Trinajstić information content (AvgIpc) is 3.20. The molecule has 0 fully saturated rings. The van der Waals surface area contributed by atoms with Crippen molar-refractivity contribution in [2.24, 2.45) is 0 Å². The lowest BCUT2D eigenvalue weighted by atomic mass is 9.89. The van der Waals surface area contributed by atoms with Crippen molar-refractivity contribution in [3.63, 3.8) is 0 Å². The number of thiophene rings is 1. The van der Waals surface area contributed by atoms with Gasteiger partial charge in [-0.1, -0.05) is 74.4 Å². The van der Waals surface area contributed by atoms with Gasteiger partial charge in [-0.15, -0.1) is 11.3 Å². The Morgan fingerprint density at radius 1 is 0.897 bits per heavy atom. The molecule has 0 radical (unpaired) electrons. The molecule has 0 unspecified atom stereocenters. The highest BCUT2D eigenvalue weighted by molar-refractivity contribution is 9.10. The van der Waals surface area contributed by atoms with Gasteiger partial charge in [0.25, 0.3) is 5.88 Å². The summed E-state index contributed by atoms with van der Waals surface area (Å²) in [5, 5.41) is 0. The third kappa shape index (κ3) is 5.91. The molecule has 39 heavy (non-hydrogen) atoms. The molecule has 3 aromatic heterocycles. The van der Waals surface area contributed by atoms with Gasteiger partial charge in [0.1, 0.15) is 15.1 Å². The zero-order chi connectivity index (χ0) is 28.9. The lowest BCUT2D eigenvalue weighted by Crippen LogP contribution is -2.18. The van der Waals surface area contributed by atoms with E-state index in [0.29, 0.717) is 16.0 Å². The summed E-state index contributed by atoms with van der Waals surface area (Å²) in [7, 11) is -4.25. The first-order valence-electron chi connectivity index (χ1n) is 13.1. The summed E-state index contributed by atoms with van der Waals surface area (Å²) < 4.78 is 35.9. The largest absolute Gasteiger partial charge is 0.356 e. The molecule has 0 saturated carbocycles. The van der Waals surface area contributed by atoms with Gasteiger partial charge in [0.15, 0.2) is 5.82 Å². The molecule has 6 nitrogen and oxygen atoms in total. The van der Waals surface area contributed by atoms with Crippen molar-refractivity contribution in [1.29, 1.82) is 0 Å². The fourth-order valence-corrected chi connectivity index (χ4v) is 8.42. The van der Waals surface area contributed by atoms with Crippen LogP contribution in [0.3, 0.4) is 0 Å². The van der Waals surface area contributed by atoms with Gasteiger partial charge in [-0.25, -0.2) is 4.98 Å². The molecule has 0 saturated heterocycles. The molecule has 9 heteroatoms. The van der Waals surface area contributed by atoms with Crippen LogP contribution in [0, 0.1) is 0 Å². The number of halogens is 1. The van der Waals surface area contributed by atoms with Crippen molar-refractivity contribution in [3.05, 3.63) is 62.7 Å². The maximum atomic E-state index is 14.2. The second-order valence-electron chi connectivity index (χ2n) is 11.8. The van der Waals surface area contributed by atoms with Crippen LogP contribution < -0.4 is 4.18 Å². The molecule has 0 atom stereocenters. The molecule has 0 amide bonds. The van der Waals surface area contributed by atoms with Gasteiger partial charge in [0.2, 0.25) is 0 Å². The monoisotopic (exact) mass is 629 g/mol. The smallest absolute Gasteiger partial charge is 0.341 e. The maximum absolute atomic E-state index is 14.2. The molecule has 3 heterocycles. The minimum atomic E-state index is -4.25. The molecule has 0 N–H and O–H groups in total. The Bertz CT molecular complexity index is 1590. The summed E-state index contributed by atoms with van der Waals surface area (Å²) >= 11 is 5.19. The Morgan fingerprint density at radius 2 is 1.46 bits per heavy atom. The third-order valence-electron chi connectivity index (χ3n) is 6.58. The van der Waals surface area contributed by atoms with Crippen LogP contribution in [0.4, 0.5) is 0 Å². The minimum absolute atomic E-state index is 0.0178. The third-order valence-corrected chi connectivity index (χ3v) is 10.6. The van der Waals surface area contributed by atoms with Crippen LogP contribution in [-0.4, -0.2) is 23.4 Å². The molecular formula is C30H36BrN3O3S2. The maximum Gasteiger partial charge on any atom is 0.341 e. The quantitative estimate of drug-likeness (QED) is 0.190. The summed E-state index contributed by atoms with van der Waals surface area (Å²) in [6.07, 6.45) is 3.31. The van der Waals surface area contributed by atoms with E-state index < -0.39 is 10.1 Å². The zero-order valence-corrected chi connectivity index (χ0v) is 27.2. The number of hydrogen-bond acceptors (Lipinski definition) is 7. The summed E-state index contributed by atoms with van der Waals surface area (Å²) in [6.45, 7) is 18.6. The predicted molar refractivity (Wildman–Crippen MR) is 164 cm³/mol. The van der Waals surface area contributed by atoms with Crippen LogP contribution in [-0.2, 0) is 15.5 Å². The van der Waals surface area contributed by atoms with Crippen molar-refractivity contribution in [1.82, 2.24) is 15.0 Å². The minimum Gasteiger partial charge on any atom is -0.356 e. The Labute approximate surface area is 244 Å². The van der Waals surface area contributed by atoms with Crippen molar-refractivity contribution in [3.8, 4) is 17.3 Å². The molecule has 0 bridgehead atoms. The first-order valence-corrected chi connectivity index (χ1v) is 16.2. The van der Waals surface area contributed by atoms with Gasteiger partial charge in [-0.05, 0) is 67.9 Å². The molecule has 4 aromatic rings. The number of fused-ring (bicyclic) bond motifs is 1. The fraction of sp³-hybridized carbons (Fsp3) is 0.433. The Balaban J connectivity index is 2.00. The molecule has 0 spiro atoms. The second kappa shape index (κ2) is 10.9. The number of aromatic nitrogens is 3. The Kier molecular flexibility index (Phi) is 8.28. The van der Waals surface area contributed by atoms with E-state index in [1.54, 1.807) is 24.5 Å². The van der Waals surface area contributed by atoms with Crippen LogP contribution in [0.2, 0.25) is 0 Å². The summed E-state index contributed by atoms with van der Waals surface area (Å²) in [5.41, 5.74) is 3.78.